The zero-order valence-electron chi connectivity index (χ0n) is 20.2. The molecule has 9 atom stereocenters. The van der Waals surface area contributed by atoms with Crippen molar-refractivity contribution in [1.29, 1.82) is 0 Å². The minimum Gasteiger partial charge on any atom is -0.393 e. The Morgan fingerprint density at radius 2 is 1.72 bits per heavy atom. The van der Waals surface area contributed by atoms with Gasteiger partial charge in [0.25, 0.3) is 0 Å². The summed E-state index contributed by atoms with van der Waals surface area (Å²) >= 11 is 0. The molecule has 166 valence electrons. The molecule has 29 heavy (non-hydrogen) atoms. The molecule has 0 aromatic heterocycles. The zero-order chi connectivity index (χ0) is 21.0. The predicted molar refractivity (Wildman–Crippen MR) is 124 cm³/mol. The van der Waals surface area contributed by atoms with E-state index in [2.05, 4.69) is 47.6 Å². The van der Waals surface area contributed by atoms with Gasteiger partial charge in [-0.3, -0.25) is 0 Å². The molecule has 0 aromatic rings. The zero-order valence-corrected chi connectivity index (χ0v) is 20.2. The van der Waals surface area contributed by atoms with Crippen LogP contribution in [0, 0.1) is 52.3 Å². The normalized spacial score (nSPS) is 46.5. The molecule has 1 nitrogen and oxygen atoms in total. The van der Waals surface area contributed by atoms with E-state index in [4.69, 9.17) is 0 Å². The predicted octanol–water partition coefficient (Wildman–Crippen LogP) is 7.63. The first-order valence-electron chi connectivity index (χ1n) is 13.0. The maximum absolute atomic E-state index is 10.2. The number of hydrogen-bond acceptors (Lipinski definition) is 1. The lowest BCUT2D eigenvalue weighted by Crippen LogP contribution is -2.50. The van der Waals surface area contributed by atoms with Gasteiger partial charge in [-0.25, -0.2) is 0 Å². The second-order valence-corrected chi connectivity index (χ2v) is 12.7. The third kappa shape index (κ3) is 3.66. The SMILES string of the molecule is CC(C)[C@@H](C)CC[C@@H](C)[C@H]1CC[C@H]2[C@@H]3CC=C4CC(O)CC[C@]4(C)[C@H]3CC[C@]12C. The Labute approximate surface area is 181 Å². The molecule has 0 saturated heterocycles. The van der Waals surface area contributed by atoms with E-state index in [1.54, 1.807) is 5.57 Å². The molecule has 1 unspecified atom stereocenters. The van der Waals surface area contributed by atoms with E-state index in [1.165, 1.54) is 51.4 Å². The second kappa shape index (κ2) is 7.99. The summed E-state index contributed by atoms with van der Waals surface area (Å²) in [6.45, 7) is 15.1. The molecule has 0 bridgehead atoms. The van der Waals surface area contributed by atoms with Crippen LogP contribution in [0.3, 0.4) is 0 Å². The highest BCUT2D eigenvalue weighted by Gasteiger charge is 2.59. The van der Waals surface area contributed by atoms with Gasteiger partial charge < -0.3 is 5.11 Å². The summed E-state index contributed by atoms with van der Waals surface area (Å²) in [5.74, 6) is 6.24. The van der Waals surface area contributed by atoms with Crippen LogP contribution in [0.2, 0.25) is 0 Å². The first-order chi connectivity index (χ1) is 13.7. The monoisotopic (exact) mass is 400 g/mol. The smallest absolute Gasteiger partial charge is 0.0577 e. The van der Waals surface area contributed by atoms with Crippen LogP contribution < -0.4 is 0 Å². The Morgan fingerprint density at radius 3 is 2.45 bits per heavy atom. The third-order valence-corrected chi connectivity index (χ3v) is 11.1. The third-order valence-electron chi connectivity index (χ3n) is 11.1. The standard InChI is InChI=1S/C28H48O/c1-18(2)19(3)7-8-20(4)24-11-12-25-23-10-9-21-17-22(29)13-15-27(21,5)26(23)14-16-28(24,25)6/h9,18-20,22-26,29H,7-8,10-17H2,1-6H3/t19-,20+,22?,23-,24+,25-,26-,27-,28+/m0/s1. The Kier molecular flexibility index (Phi) is 6.04. The fourth-order valence-corrected chi connectivity index (χ4v) is 8.68. The summed E-state index contributed by atoms with van der Waals surface area (Å²) in [4.78, 5) is 0. The molecule has 1 N–H and O–H groups in total. The maximum atomic E-state index is 10.2. The van der Waals surface area contributed by atoms with Gasteiger partial charge in [0.1, 0.15) is 0 Å². The van der Waals surface area contributed by atoms with Crippen LogP contribution in [0.15, 0.2) is 11.6 Å². The number of hydrogen-bond donors (Lipinski definition) is 1. The van der Waals surface area contributed by atoms with Crippen molar-refractivity contribution < 1.29 is 5.11 Å². The minimum atomic E-state index is -0.0790. The van der Waals surface area contributed by atoms with Gasteiger partial charge in [0.05, 0.1) is 6.10 Å². The van der Waals surface area contributed by atoms with Gasteiger partial charge in [0, 0.05) is 0 Å². The topological polar surface area (TPSA) is 20.2 Å². The molecule has 4 rings (SSSR count). The highest BCUT2D eigenvalue weighted by Crippen LogP contribution is 2.67. The van der Waals surface area contributed by atoms with Crippen LogP contribution in [-0.4, -0.2) is 11.2 Å². The van der Waals surface area contributed by atoms with E-state index in [0.717, 1.165) is 54.3 Å². The highest BCUT2D eigenvalue weighted by molar-refractivity contribution is 5.25. The van der Waals surface area contributed by atoms with Gasteiger partial charge >= 0.3 is 0 Å². The Bertz CT molecular complexity index is 620. The van der Waals surface area contributed by atoms with Crippen LogP contribution >= 0.6 is 0 Å². The Hall–Kier alpha value is -0.300. The summed E-state index contributed by atoms with van der Waals surface area (Å²) in [7, 11) is 0. The summed E-state index contributed by atoms with van der Waals surface area (Å²) in [5.41, 5.74) is 2.59. The van der Waals surface area contributed by atoms with Crippen LogP contribution in [0.25, 0.3) is 0 Å². The minimum absolute atomic E-state index is 0.0790. The maximum Gasteiger partial charge on any atom is 0.0577 e. The van der Waals surface area contributed by atoms with E-state index >= 15 is 0 Å². The molecule has 3 saturated carbocycles. The largest absolute Gasteiger partial charge is 0.393 e. The molecule has 4 aliphatic rings. The van der Waals surface area contributed by atoms with Crippen LogP contribution in [-0.2, 0) is 0 Å². The molecule has 0 heterocycles. The molecule has 4 aliphatic carbocycles. The van der Waals surface area contributed by atoms with Gasteiger partial charge in [-0.1, -0.05) is 66.0 Å². The molecule has 0 radical (unpaired) electrons. The number of aliphatic hydroxyl groups is 1. The fourth-order valence-electron chi connectivity index (χ4n) is 8.68. The van der Waals surface area contributed by atoms with E-state index in [0.29, 0.717) is 10.8 Å². The number of aliphatic hydroxyl groups excluding tert-OH is 1. The number of allylic oxidation sites excluding steroid dienone is 1. The molecular formula is C28H48O. The molecule has 0 amide bonds. The fraction of sp³-hybridized carbons (Fsp3) is 0.929. The van der Waals surface area contributed by atoms with Gasteiger partial charge in [-0.05, 0) is 104 Å². The van der Waals surface area contributed by atoms with Crippen LogP contribution in [0.1, 0.15) is 106 Å². The summed E-state index contributed by atoms with van der Waals surface area (Å²) in [5, 5.41) is 10.2. The van der Waals surface area contributed by atoms with Crippen LogP contribution in [0.4, 0.5) is 0 Å². The lowest BCUT2D eigenvalue weighted by Gasteiger charge is -2.58. The molecule has 0 spiro atoms. The van der Waals surface area contributed by atoms with Gasteiger partial charge in [-0.2, -0.15) is 0 Å². The van der Waals surface area contributed by atoms with Gasteiger partial charge in [0.2, 0.25) is 0 Å². The molecule has 1 heteroatoms. The van der Waals surface area contributed by atoms with E-state index in [9.17, 15) is 5.11 Å². The summed E-state index contributed by atoms with van der Waals surface area (Å²) in [6, 6.07) is 0. The average Bonchev–Trinajstić information content (AvgIpc) is 3.03. The highest BCUT2D eigenvalue weighted by atomic mass is 16.3. The van der Waals surface area contributed by atoms with E-state index in [1.807, 2.05) is 0 Å². The second-order valence-electron chi connectivity index (χ2n) is 12.7. The number of fused-ring (bicyclic) bond motifs is 5. The molecule has 0 aromatic carbocycles. The van der Waals surface area contributed by atoms with Gasteiger partial charge in [0.15, 0.2) is 0 Å². The van der Waals surface area contributed by atoms with Crippen molar-refractivity contribution in [3.63, 3.8) is 0 Å². The van der Waals surface area contributed by atoms with Crippen molar-refractivity contribution >= 4 is 0 Å². The first-order valence-corrected chi connectivity index (χ1v) is 13.0. The Morgan fingerprint density at radius 1 is 0.966 bits per heavy atom. The van der Waals surface area contributed by atoms with Crippen molar-refractivity contribution in [3.05, 3.63) is 11.6 Å². The average molecular weight is 401 g/mol. The van der Waals surface area contributed by atoms with Crippen molar-refractivity contribution in [3.8, 4) is 0 Å². The Balaban J connectivity index is 1.49. The van der Waals surface area contributed by atoms with Crippen molar-refractivity contribution in [2.45, 2.75) is 112 Å². The van der Waals surface area contributed by atoms with Crippen molar-refractivity contribution in [2.75, 3.05) is 0 Å². The van der Waals surface area contributed by atoms with E-state index < -0.39 is 0 Å². The van der Waals surface area contributed by atoms with Gasteiger partial charge in [-0.15, -0.1) is 0 Å². The molecule has 3 fully saturated rings. The first kappa shape index (κ1) is 21.9. The quantitative estimate of drug-likeness (QED) is 0.470. The summed E-state index contributed by atoms with van der Waals surface area (Å²) < 4.78 is 0. The van der Waals surface area contributed by atoms with E-state index in [-0.39, 0.29) is 6.10 Å². The lowest BCUT2D eigenvalue weighted by atomic mass is 9.47. The van der Waals surface area contributed by atoms with Crippen molar-refractivity contribution in [2.24, 2.45) is 52.3 Å². The molecule has 0 aliphatic heterocycles. The van der Waals surface area contributed by atoms with Crippen molar-refractivity contribution in [1.82, 2.24) is 0 Å². The summed E-state index contributed by atoms with van der Waals surface area (Å²) in [6.07, 6.45) is 15.7. The lowest BCUT2D eigenvalue weighted by molar-refractivity contribution is -0.0574. The van der Waals surface area contributed by atoms with Crippen LogP contribution in [0.5, 0.6) is 0 Å². The number of rotatable bonds is 5. The molecular weight excluding hydrogens is 352 g/mol.